The van der Waals surface area contributed by atoms with Crippen molar-refractivity contribution in [2.24, 2.45) is 5.41 Å². The van der Waals surface area contributed by atoms with Crippen LogP contribution in [0.2, 0.25) is 5.02 Å². The number of likely N-dealkylation sites (tertiary alicyclic amines) is 1. The fourth-order valence-electron chi connectivity index (χ4n) is 2.73. The second-order valence-electron chi connectivity index (χ2n) is 6.44. The number of rotatable bonds is 4. The molecule has 0 spiro atoms. The predicted molar refractivity (Wildman–Crippen MR) is 86.5 cm³/mol. The second kappa shape index (κ2) is 6.84. The fourth-order valence-corrected chi connectivity index (χ4v) is 2.96. The zero-order valence-corrected chi connectivity index (χ0v) is 14.4. The van der Waals surface area contributed by atoms with Gasteiger partial charge in [0.05, 0.1) is 22.0 Å². The minimum atomic E-state index is -4.62. The van der Waals surface area contributed by atoms with Crippen LogP contribution < -0.4 is 5.32 Å². The quantitative estimate of drug-likeness (QED) is 0.841. The molecule has 0 aliphatic carbocycles. The lowest BCUT2D eigenvalue weighted by molar-refractivity contribution is -0.147. The van der Waals surface area contributed by atoms with E-state index < -0.39 is 40.1 Å². The first kappa shape index (κ1) is 19.5. The summed E-state index contributed by atoms with van der Waals surface area (Å²) in [4.78, 5) is 25.3. The Labute approximate surface area is 147 Å². The molecule has 0 saturated carbocycles. The van der Waals surface area contributed by atoms with Gasteiger partial charge in [-0.15, -0.1) is 0 Å². The van der Waals surface area contributed by atoms with Crippen molar-refractivity contribution in [3.05, 3.63) is 28.8 Å². The molecule has 1 saturated heterocycles. The maximum Gasteiger partial charge on any atom is 0.417 e. The van der Waals surface area contributed by atoms with Gasteiger partial charge in [0.25, 0.3) is 0 Å². The number of carbonyl (C=O) groups excluding carboxylic acids is 1. The maximum absolute atomic E-state index is 12.9. The summed E-state index contributed by atoms with van der Waals surface area (Å²) in [5.74, 6) is -1.44. The second-order valence-corrected chi connectivity index (χ2v) is 6.85. The van der Waals surface area contributed by atoms with Gasteiger partial charge in [-0.05, 0) is 38.5 Å². The van der Waals surface area contributed by atoms with E-state index in [2.05, 4.69) is 5.32 Å². The number of hydrogen-bond acceptors (Lipinski definition) is 3. The number of hydrogen-bond donors (Lipinski definition) is 2. The summed E-state index contributed by atoms with van der Waals surface area (Å²) in [6, 6.07) is 2.46. The topological polar surface area (TPSA) is 69.6 Å². The van der Waals surface area contributed by atoms with Crippen LogP contribution in [0.5, 0.6) is 0 Å². The molecule has 1 aliphatic rings. The van der Waals surface area contributed by atoms with Crippen LogP contribution in [0.3, 0.4) is 0 Å². The standard InChI is InChI=1S/C16H18ClF3N2O3/c1-9(22-6-5-15(2,8-22)14(24)25)13(23)21-10-3-4-12(17)11(7-10)16(18,19)20/h3-4,7,9H,5-6,8H2,1-2H3,(H,21,23)(H,24,25). The molecule has 2 unspecified atom stereocenters. The highest BCUT2D eigenvalue weighted by molar-refractivity contribution is 6.31. The molecular weight excluding hydrogens is 361 g/mol. The van der Waals surface area contributed by atoms with Crippen LogP contribution in [0.1, 0.15) is 25.8 Å². The highest BCUT2D eigenvalue weighted by Gasteiger charge is 2.43. The van der Waals surface area contributed by atoms with Crippen molar-refractivity contribution in [1.29, 1.82) is 0 Å². The summed E-state index contributed by atoms with van der Waals surface area (Å²) in [5.41, 5.74) is -1.98. The molecular formula is C16H18ClF3N2O3. The van der Waals surface area contributed by atoms with Gasteiger partial charge in [-0.1, -0.05) is 11.6 Å². The lowest BCUT2D eigenvalue weighted by Crippen LogP contribution is -2.42. The number of amides is 1. The Morgan fingerprint density at radius 1 is 1.40 bits per heavy atom. The van der Waals surface area contributed by atoms with Crippen LogP contribution in [0.4, 0.5) is 18.9 Å². The van der Waals surface area contributed by atoms with Gasteiger partial charge in [0, 0.05) is 18.8 Å². The average molecular weight is 379 g/mol. The molecule has 1 amide bonds. The number of aliphatic carboxylic acids is 1. The van der Waals surface area contributed by atoms with Crippen molar-refractivity contribution in [1.82, 2.24) is 4.90 Å². The van der Waals surface area contributed by atoms with Crippen LogP contribution in [-0.2, 0) is 15.8 Å². The van der Waals surface area contributed by atoms with E-state index in [9.17, 15) is 27.9 Å². The van der Waals surface area contributed by atoms with Crippen LogP contribution in [0.25, 0.3) is 0 Å². The molecule has 0 bridgehead atoms. The van der Waals surface area contributed by atoms with E-state index in [1.54, 1.807) is 18.7 Å². The first-order valence-electron chi connectivity index (χ1n) is 7.59. The molecule has 138 valence electrons. The summed E-state index contributed by atoms with van der Waals surface area (Å²) in [6.07, 6.45) is -4.22. The third-order valence-corrected chi connectivity index (χ3v) is 4.82. The van der Waals surface area contributed by atoms with Crippen molar-refractivity contribution >= 4 is 29.2 Å². The maximum atomic E-state index is 12.9. The van der Waals surface area contributed by atoms with Crippen molar-refractivity contribution in [3.8, 4) is 0 Å². The number of carbonyl (C=O) groups is 2. The number of benzene rings is 1. The van der Waals surface area contributed by atoms with E-state index in [4.69, 9.17) is 11.6 Å². The molecule has 2 N–H and O–H groups in total. The van der Waals surface area contributed by atoms with Crippen molar-refractivity contribution in [2.75, 3.05) is 18.4 Å². The molecule has 0 aromatic heterocycles. The van der Waals surface area contributed by atoms with Crippen LogP contribution in [0.15, 0.2) is 18.2 Å². The SMILES string of the molecule is CC(C(=O)Nc1ccc(Cl)c(C(F)(F)F)c1)N1CCC(C)(C(=O)O)C1. The monoisotopic (exact) mass is 378 g/mol. The van der Waals surface area contributed by atoms with Gasteiger partial charge in [-0.3, -0.25) is 14.5 Å². The predicted octanol–water partition coefficient (Wildman–Crippen LogP) is 3.48. The third kappa shape index (κ3) is 4.24. The van der Waals surface area contributed by atoms with Gasteiger partial charge in [0.15, 0.2) is 0 Å². The summed E-state index contributed by atoms with van der Waals surface area (Å²) in [5, 5.41) is 11.2. The zero-order chi connectivity index (χ0) is 19.0. The molecule has 1 fully saturated rings. The van der Waals surface area contributed by atoms with E-state index in [1.807, 2.05) is 0 Å². The van der Waals surface area contributed by atoms with E-state index in [0.29, 0.717) is 13.0 Å². The number of halogens is 4. The number of carboxylic acid groups (broad SMARTS) is 1. The lowest BCUT2D eigenvalue weighted by Gasteiger charge is -2.25. The van der Waals surface area contributed by atoms with Crippen molar-refractivity contribution in [3.63, 3.8) is 0 Å². The highest BCUT2D eigenvalue weighted by atomic mass is 35.5. The Balaban J connectivity index is 2.09. The molecule has 2 atom stereocenters. The highest BCUT2D eigenvalue weighted by Crippen LogP contribution is 2.36. The Bertz CT molecular complexity index is 696. The number of carboxylic acids is 1. The lowest BCUT2D eigenvalue weighted by atomic mass is 9.90. The van der Waals surface area contributed by atoms with Crippen molar-refractivity contribution in [2.45, 2.75) is 32.5 Å². The van der Waals surface area contributed by atoms with Gasteiger partial charge < -0.3 is 10.4 Å². The zero-order valence-electron chi connectivity index (χ0n) is 13.7. The molecule has 1 aromatic rings. The molecule has 1 aromatic carbocycles. The van der Waals surface area contributed by atoms with Crippen molar-refractivity contribution < 1.29 is 27.9 Å². The molecule has 9 heteroatoms. The molecule has 5 nitrogen and oxygen atoms in total. The fraction of sp³-hybridized carbons (Fsp3) is 0.500. The van der Waals surface area contributed by atoms with Gasteiger partial charge in [-0.2, -0.15) is 13.2 Å². The molecule has 0 radical (unpaired) electrons. The normalized spacial score (nSPS) is 22.6. The summed E-state index contributed by atoms with van der Waals surface area (Å²) in [6.45, 7) is 3.81. The first-order chi connectivity index (χ1) is 11.4. The summed E-state index contributed by atoms with van der Waals surface area (Å²) < 4.78 is 38.6. The molecule has 25 heavy (non-hydrogen) atoms. The number of nitrogens with zero attached hydrogens (tertiary/aromatic N) is 1. The Hall–Kier alpha value is -1.80. The van der Waals surface area contributed by atoms with E-state index in [0.717, 1.165) is 12.1 Å². The van der Waals surface area contributed by atoms with E-state index >= 15 is 0 Å². The van der Waals surface area contributed by atoms with Gasteiger partial charge in [-0.25, -0.2) is 0 Å². The van der Waals surface area contributed by atoms with Crippen LogP contribution in [-0.4, -0.2) is 41.0 Å². The minimum absolute atomic E-state index is 0.0197. The third-order valence-electron chi connectivity index (χ3n) is 4.49. The largest absolute Gasteiger partial charge is 0.481 e. The minimum Gasteiger partial charge on any atom is -0.481 e. The molecule has 1 heterocycles. The Morgan fingerprint density at radius 2 is 2.04 bits per heavy atom. The molecule has 1 aliphatic heterocycles. The van der Waals surface area contributed by atoms with E-state index in [-0.39, 0.29) is 12.2 Å². The molecule has 2 rings (SSSR count). The summed E-state index contributed by atoms with van der Waals surface area (Å²) >= 11 is 5.55. The van der Waals surface area contributed by atoms with Crippen LogP contribution in [0, 0.1) is 5.41 Å². The number of anilines is 1. The number of alkyl halides is 3. The van der Waals surface area contributed by atoms with Crippen LogP contribution >= 0.6 is 11.6 Å². The average Bonchev–Trinajstić information content (AvgIpc) is 2.91. The Kier molecular flexibility index (Phi) is 5.34. The smallest absolute Gasteiger partial charge is 0.417 e. The van der Waals surface area contributed by atoms with Gasteiger partial charge in [0.1, 0.15) is 0 Å². The van der Waals surface area contributed by atoms with E-state index in [1.165, 1.54) is 6.07 Å². The first-order valence-corrected chi connectivity index (χ1v) is 7.97. The van der Waals surface area contributed by atoms with Gasteiger partial charge in [0.2, 0.25) is 5.91 Å². The number of nitrogens with one attached hydrogen (secondary N) is 1. The summed E-state index contributed by atoms with van der Waals surface area (Å²) in [7, 11) is 0. The Morgan fingerprint density at radius 3 is 2.56 bits per heavy atom. The van der Waals surface area contributed by atoms with Gasteiger partial charge >= 0.3 is 12.1 Å².